The first-order valence-electron chi connectivity index (χ1n) is 9.61. The van der Waals surface area contributed by atoms with Gasteiger partial charge in [-0.1, -0.05) is 30.3 Å². The number of para-hydroxylation sites is 1. The number of ether oxygens (including phenoxy) is 1. The molecule has 1 fully saturated rings. The molecule has 0 aliphatic carbocycles. The van der Waals surface area contributed by atoms with Crippen LogP contribution in [0, 0.1) is 0 Å². The van der Waals surface area contributed by atoms with Crippen molar-refractivity contribution in [2.75, 3.05) is 37.7 Å². The second kappa shape index (κ2) is 9.04. The summed E-state index contributed by atoms with van der Waals surface area (Å²) in [5.41, 5.74) is 2.05. The van der Waals surface area contributed by atoms with Crippen molar-refractivity contribution in [2.45, 2.75) is 0 Å². The molecule has 1 N–H and O–H groups in total. The van der Waals surface area contributed by atoms with Gasteiger partial charge in [-0.2, -0.15) is 4.99 Å². The summed E-state index contributed by atoms with van der Waals surface area (Å²) in [6.07, 6.45) is 1.80. The number of carboxylic acid groups (broad SMARTS) is 1. The van der Waals surface area contributed by atoms with Gasteiger partial charge in [0, 0.05) is 31.9 Å². The zero-order valence-corrected chi connectivity index (χ0v) is 17.0. The minimum atomic E-state index is -1.02. The molecule has 7 nitrogen and oxygen atoms in total. The maximum absolute atomic E-state index is 12.4. The summed E-state index contributed by atoms with van der Waals surface area (Å²) in [5.74, 6) is -0.784. The fourth-order valence-corrected chi connectivity index (χ4v) is 4.25. The van der Waals surface area contributed by atoms with Crippen LogP contribution in [0.1, 0.15) is 5.56 Å². The van der Waals surface area contributed by atoms with Gasteiger partial charge in [-0.15, -0.1) is 0 Å². The van der Waals surface area contributed by atoms with E-state index in [2.05, 4.69) is 26.9 Å². The highest BCUT2D eigenvalue weighted by molar-refractivity contribution is 8.18. The lowest BCUT2D eigenvalue weighted by molar-refractivity contribution is -0.139. The number of benzene rings is 2. The van der Waals surface area contributed by atoms with Crippen LogP contribution < -0.4 is 9.64 Å². The van der Waals surface area contributed by atoms with Gasteiger partial charge in [0.25, 0.3) is 5.91 Å². The zero-order valence-electron chi connectivity index (χ0n) is 16.2. The Hall–Kier alpha value is -3.26. The number of rotatable bonds is 5. The number of aliphatic carboxylic acids is 1. The van der Waals surface area contributed by atoms with Gasteiger partial charge in [-0.05, 0) is 47.7 Å². The largest absolute Gasteiger partial charge is 0.482 e. The summed E-state index contributed by atoms with van der Waals surface area (Å²) >= 11 is 1.40. The average Bonchev–Trinajstić information content (AvgIpc) is 3.14. The molecule has 0 unspecified atom stereocenters. The molecule has 0 radical (unpaired) electrons. The number of carbonyl (C=O) groups excluding carboxylic acids is 1. The van der Waals surface area contributed by atoms with Crippen LogP contribution in [0.3, 0.4) is 0 Å². The standard InChI is InChI=1S/C22H21N3O4S/c26-20(27)15-29-18-8-6-16(7-9-18)14-19-21(28)23-22(30-19)25-12-10-24(11-13-25)17-4-2-1-3-5-17/h1-9,14H,10-13,15H2,(H,26,27)/b19-14-. The van der Waals surface area contributed by atoms with E-state index in [9.17, 15) is 9.59 Å². The monoisotopic (exact) mass is 423 g/mol. The maximum Gasteiger partial charge on any atom is 0.341 e. The fourth-order valence-electron chi connectivity index (χ4n) is 3.28. The molecule has 0 bridgehead atoms. The van der Waals surface area contributed by atoms with Crippen LogP contribution in [0.5, 0.6) is 5.75 Å². The van der Waals surface area contributed by atoms with Crippen LogP contribution in [0.25, 0.3) is 6.08 Å². The van der Waals surface area contributed by atoms with Crippen molar-refractivity contribution in [1.29, 1.82) is 0 Å². The molecule has 2 aliphatic rings. The maximum atomic E-state index is 12.4. The molecule has 0 saturated carbocycles. The van der Waals surface area contributed by atoms with E-state index in [1.165, 1.54) is 17.4 Å². The number of amides is 1. The fraction of sp³-hybridized carbons (Fsp3) is 0.227. The molecule has 30 heavy (non-hydrogen) atoms. The van der Waals surface area contributed by atoms with Crippen LogP contribution >= 0.6 is 11.8 Å². The number of thioether (sulfide) groups is 1. The topological polar surface area (TPSA) is 82.4 Å². The minimum absolute atomic E-state index is 0.230. The lowest BCUT2D eigenvalue weighted by Gasteiger charge is -2.36. The van der Waals surface area contributed by atoms with Gasteiger partial charge >= 0.3 is 5.97 Å². The molecule has 0 atom stereocenters. The molecule has 8 heteroatoms. The zero-order chi connectivity index (χ0) is 20.9. The number of piperazine rings is 1. The molecule has 0 spiro atoms. The molecular formula is C22H21N3O4S. The Balaban J connectivity index is 1.35. The average molecular weight is 423 g/mol. The van der Waals surface area contributed by atoms with Gasteiger partial charge in [-0.25, -0.2) is 4.79 Å². The van der Waals surface area contributed by atoms with E-state index < -0.39 is 5.97 Å². The van der Waals surface area contributed by atoms with Crippen LogP contribution in [-0.2, 0) is 9.59 Å². The highest BCUT2D eigenvalue weighted by Gasteiger charge is 2.28. The van der Waals surface area contributed by atoms with Gasteiger partial charge in [0.2, 0.25) is 0 Å². The first-order chi connectivity index (χ1) is 14.6. The van der Waals surface area contributed by atoms with E-state index in [1.54, 1.807) is 30.3 Å². The number of carbonyl (C=O) groups is 2. The van der Waals surface area contributed by atoms with Crippen LogP contribution in [0.2, 0.25) is 0 Å². The molecule has 2 aliphatic heterocycles. The third kappa shape index (κ3) is 4.83. The Morgan fingerprint density at radius 3 is 2.37 bits per heavy atom. The lowest BCUT2D eigenvalue weighted by Crippen LogP contribution is -2.47. The highest BCUT2D eigenvalue weighted by Crippen LogP contribution is 2.31. The minimum Gasteiger partial charge on any atom is -0.482 e. The van der Waals surface area contributed by atoms with E-state index in [0.717, 1.165) is 36.9 Å². The SMILES string of the molecule is O=C(O)COc1ccc(/C=C2\SC(N3CCN(c4ccccc4)CC3)=NC2=O)cc1. The smallest absolute Gasteiger partial charge is 0.341 e. The molecule has 0 aromatic heterocycles. The molecule has 4 rings (SSSR count). The second-order valence-electron chi connectivity index (χ2n) is 6.87. The lowest BCUT2D eigenvalue weighted by atomic mass is 10.2. The summed E-state index contributed by atoms with van der Waals surface area (Å²) in [5, 5.41) is 9.41. The van der Waals surface area contributed by atoms with Crippen molar-refractivity contribution in [2.24, 2.45) is 4.99 Å². The van der Waals surface area contributed by atoms with E-state index in [1.807, 2.05) is 18.2 Å². The molecule has 1 amide bonds. The van der Waals surface area contributed by atoms with E-state index in [4.69, 9.17) is 9.84 Å². The highest BCUT2D eigenvalue weighted by atomic mass is 32.2. The molecule has 2 aromatic carbocycles. The van der Waals surface area contributed by atoms with Crippen molar-refractivity contribution in [3.63, 3.8) is 0 Å². The Bertz CT molecular complexity index is 981. The number of anilines is 1. The summed E-state index contributed by atoms with van der Waals surface area (Å²) in [4.78, 5) is 32.2. The summed E-state index contributed by atoms with van der Waals surface area (Å²) in [6, 6.07) is 17.3. The molecule has 154 valence electrons. The number of hydrogen-bond donors (Lipinski definition) is 1. The Kier molecular flexibility index (Phi) is 6.04. The van der Waals surface area contributed by atoms with Crippen LogP contribution in [0.15, 0.2) is 64.5 Å². The first-order valence-corrected chi connectivity index (χ1v) is 10.4. The number of nitrogens with zero attached hydrogens (tertiary/aromatic N) is 3. The third-order valence-corrected chi connectivity index (χ3v) is 5.87. The third-order valence-electron chi connectivity index (χ3n) is 4.82. The summed E-state index contributed by atoms with van der Waals surface area (Å²) in [7, 11) is 0. The predicted octanol–water partition coefficient (Wildman–Crippen LogP) is 2.94. The number of hydrogen-bond acceptors (Lipinski definition) is 6. The molecule has 2 heterocycles. The van der Waals surface area contributed by atoms with Crippen molar-refractivity contribution in [1.82, 2.24) is 4.90 Å². The van der Waals surface area contributed by atoms with Gasteiger partial charge < -0.3 is 19.6 Å². The summed E-state index contributed by atoms with van der Waals surface area (Å²) < 4.78 is 5.12. The Morgan fingerprint density at radius 1 is 1.03 bits per heavy atom. The predicted molar refractivity (Wildman–Crippen MR) is 118 cm³/mol. The first kappa shape index (κ1) is 20.0. The number of aliphatic imine (C=N–C) groups is 1. The normalized spacial score (nSPS) is 17.9. The van der Waals surface area contributed by atoms with Crippen molar-refractivity contribution >= 4 is 40.6 Å². The quantitative estimate of drug-likeness (QED) is 0.741. The van der Waals surface area contributed by atoms with Crippen molar-refractivity contribution < 1.29 is 19.4 Å². The molecule has 2 aromatic rings. The van der Waals surface area contributed by atoms with Gasteiger partial charge in [0.1, 0.15) is 5.75 Å². The number of amidine groups is 1. The van der Waals surface area contributed by atoms with Crippen molar-refractivity contribution in [3.05, 3.63) is 65.1 Å². The number of carboxylic acids is 1. The van der Waals surface area contributed by atoms with Gasteiger partial charge in [0.05, 0.1) is 4.91 Å². The van der Waals surface area contributed by atoms with Crippen LogP contribution in [0.4, 0.5) is 5.69 Å². The second-order valence-corrected chi connectivity index (χ2v) is 7.88. The van der Waals surface area contributed by atoms with E-state index >= 15 is 0 Å². The molecule has 1 saturated heterocycles. The molecular weight excluding hydrogens is 402 g/mol. The van der Waals surface area contributed by atoms with Gasteiger partial charge in [0.15, 0.2) is 11.8 Å². The Morgan fingerprint density at radius 2 is 1.70 bits per heavy atom. The van der Waals surface area contributed by atoms with Gasteiger partial charge in [-0.3, -0.25) is 4.79 Å². The van der Waals surface area contributed by atoms with Crippen molar-refractivity contribution in [3.8, 4) is 5.75 Å². The van der Waals surface area contributed by atoms with E-state index in [-0.39, 0.29) is 12.5 Å². The van der Waals surface area contributed by atoms with Crippen LogP contribution in [-0.4, -0.2) is 59.8 Å². The Labute approximate surface area is 178 Å². The summed E-state index contributed by atoms with van der Waals surface area (Å²) in [6.45, 7) is 3.01. The van der Waals surface area contributed by atoms with E-state index in [0.29, 0.717) is 10.7 Å².